The lowest BCUT2D eigenvalue weighted by molar-refractivity contribution is 1.17. The molecule has 0 radical (unpaired) electrons. The van der Waals surface area contributed by atoms with Crippen LogP contribution in [0.3, 0.4) is 0 Å². The van der Waals surface area contributed by atoms with E-state index < -0.39 is 5.56 Å². The molecule has 2 aromatic heterocycles. The number of nitrogens with one attached hydrogen (secondary N) is 1. The van der Waals surface area contributed by atoms with Gasteiger partial charge in [-0.15, -0.1) is 0 Å². The Hall–Kier alpha value is -1.62. The number of aromatic nitrogens is 3. The van der Waals surface area contributed by atoms with Crippen molar-refractivity contribution in [1.82, 2.24) is 15.0 Å². The summed E-state index contributed by atoms with van der Waals surface area (Å²) in [4.78, 5) is 23.0. The van der Waals surface area contributed by atoms with Gasteiger partial charge in [0.25, 0.3) is 5.56 Å². The Morgan fingerprint density at radius 2 is 1.65 bits per heavy atom. The van der Waals surface area contributed by atoms with E-state index in [0.29, 0.717) is 26.8 Å². The van der Waals surface area contributed by atoms with Gasteiger partial charge in [0, 0.05) is 5.56 Å². The average molecular weight is 327 g/mol. The minimum Gasteiger partial charge on any atom is -0.303 e. The summed E-state index contributed by atoms with van der Waals surface area (Å²) >= 11 is 18.0. The lowest BCUT2D eigenvalue weighted by Crippen LogP contribution is -2.12. The van der Waals surface area contributed by atoms with Crippen LogP contribution in [0.4, 0.5) is 0 Å². The van der Waals surface area contributed by atoms with E-state index in [1.165, 1.54) is 0 Å². The highest BCUT2D eigenvalue weighted by atomic mass is 35.5. The minimum atomic E-state index is -0.428. The van der Waals surface area contributed by atoms with Gasteiger partial charge in [-0.2, -0.15) is 0 Å². The van der Waals surface area contributed by atoms with Gasteiger partial charge in [0.15, 0.2) is 5.65 Å². The largest absolute Gasteiger partial charge is 0.303 e. The van der Waals surface area contributed by atoms with Crippen molar-refractivity contribution in [2.45, 2.75) is 0 Å². The molecule has 0 amide bonds. The quantitative estimate of drug-likeness (QED) is 0.689. The maximum Gasteiger partial charge on any atom is 0.276 e. The van der Waals surface area contributed by atoms with E-state index in [9.17, 15) is 4.79 Å². The summed E-state index contributed by atoms with van der Waals surface area (Å²) in [6.07, 6.45) is 0. The highest BCUT2D eigenvalue weighted by Crippen LogP contribution is 2.31. The first-order valence-electron chi connectivity index (χ1n) is 5.57. The van der Waals surface area contributed by atoms with E-state index in [1.807, 2.05) is 0 Å². The first kappa shape index (κ1) is 13.4. The summed E-state index contributed by atoms with van der Waals surface area (Å²) < 4.78 is 0. The van der Waals surface area contributed by atoms with Crippen molar-refractivity contribution in [3.8, 4) is 11.3 Å². The molecule has 0 saturated carbocycles. The van der Waals surface area contributed by atoms with Crippen LogP contribution in [0.15, 0.2) is 35.1 Å². The van der Waals surface area contributed by atoms with Gasteiger partial charge in [0.1, 0.15) is 16.4 Å². The summed E-state index contributed by atoms with van der Waals surface area (Å²) in [6.45, 7) is 0. The molecule has 0 aliphatic rings. The highest BCUT2D eigenvalue weighted by molar-refractivity contribution is 6.39. The van der Waals surface area contributed by atoms with Crippen LogP contribution >= 0.6 is 34.8 Å². The Balaban J connectivity index is 2.35. The Morgan fingerprint density at radius 3 is 2.35 bits per heavy atom. The number of halogens is 3. The maximum atomic E-state index is 12.1. The molecule has 0 aliphatic carbocycles. The zero-order valence-electron chi connectivity index (χ0n) is 9.82. The molecule has 100 valence electrons. The van der Waals surface area contributed by atoms with Crippen molar-refractivity contribution >= 4 is 46.0 Å². The predicted molar refractivity (Wildman–Crippen MR) is 80.6 cm³/mol. The third-order valence-corrected chi connectivity index (χ3v) is 3.56. The highest BCUT2D eigenvalue weighted by Gasteiger charge is 2.15. The van der Waals surface area contributed by atoms with Crippen LogP contribution in [-0.2, 0) is 0 Å². The summed E-state index contributed by atoms with van der Waals surface area (Å²) in [7, 11) is 0. The van der Waals surface area contributed by atoms with Crippen molar-refractivity contribution in [3.63, 3.8) is 0 Å². The first-order chi connectivity index (χ1) is 9.56. The molecule has 1 N–H and O–H groups in total. The monoisotopic (exact) mass is 325 g/mol. The number of rotatable bonds is 1. The van der Waals surface area contributed by atoms with Gasteiger partial charge < -0.3 is 4.98 Å². The van der Waals surface area contributed by atoms with Gasteiger partial charge in [-0.3, -0.25) is 4.79 Å². The van der Waals surface area contributed by atoms with Crippen LogP contribution < -0.4 is 5.56 Å². The Labute approximate surface area is 128 Å². The van der Waals surface area contributed by atoms with E-state index in [-0.39, 0.29) is 10.8 Å². The summed E-state index contributed by atoms with van der Waals surface area (Å²) in [5.41, 5.74) is 0.933. The molecular weight excluding hydrogens is 321 g/mol. The van der Waals surface area contributed by atoms with E-state index in [2.05, 4.69) is 15.0 Å². The molecule has 1 aromatic carbocycles. The third kappa shape index (κ3) is 2.26. The maximum absolute atomic E-state index is 12.1. The lowest BCUT2D eigenvalue weighted by atomic mass is 10.1. The number of hydrogen-bond donors (Lipinski definition) is 1. The fraction of sp³-hybridized carbons (Fsp3) is 0. The molecule has 2 heterocycles. The molecular formula is C13H6Cl3N3O. The van der Waals surface area contributed by atoms with Crippen molar-refractivity contribution in [2.24, 2.45) is 0 Å². The van der Waals surface area contributed by atoms with Gasteiger partial charge in [-0.05, 0) is 24.3 Å². The molecule has 7 heteroatoms. The molecule has 0 atom stereocenters. The SMILES string of the molecule is O=c1[nH]c2nc(Cl)ccc2nc1-c1c(Cl)cccc1Cl. The molecule has 20 heavy (non-hydrogen) atoms. The van der Waals surface area contributed by atoms with Crippen LogP contribution in [0.2, 0.25) is 15.2 Å². The van der Waals surface area contributed by atoms with Crippen molar-refractivity contribution in [1.29, 1.82) is 0 Å². The van der Waals surface area contributed by atoms with E-state index in [0.717, 1.165) is 0 Å². The standard InChI is InChI=1S/C13H6Cl3N3O/c14-6-2-1-3-7(15)10(6)11-13(20)19-12-8(17-11)4-5-9(16)18-12/h1-5H,(H,18,19,20). The van der Waals surface area contributed by atoms with Gasteiger partial charge in [-0.1, -0.05) is 40.9 Å². The zero-order chi connectivity index (χ0) is 14.3. The van der Waals surface area contributed by atoms with Crippen molar-refractivity contribution in [3.05, 3.63) is 55.9 Å². The Bertz CT molecular complexity index is 856. The fourth-order valence-corrected chi connectivity index (χ4v) is 2.57. The fourth-order valence-electron chi connectivity index (χ4n) is 1.84. The molecule has 0 spiro atoms. The van der Waals surface area contributed by atoms with E-state index >= 15 is 0 Å². The second-order valence-corrected chi connectivity index (χ2v) is 5.21. The lowest BCUT2D eigenvalue weighted by Gasteiger charge is -2.06. The average Bonchev–Trinajstić information content (AvgIpc) is 2.39. The number of pyridine rings is 1. The van der Waals surface area contributed by atoms with Crippen LogP contribution in [0.1, 0.15) is 0 Å². The summed E-state index contributed by atoms with van der Waals surface area (Å²) in [6, 6.07) is 8.25. The summed E-state index contributed by atoms with van der Waals surface area (Å²) in [5.74, 6) is 0. The number of nitrogens with zero attached hydrogens (tertiary/aromatic N) is 2. The summed E-state index contributed by atoms with van der Waals surface area (Å²) in [5, 5.41) is 0.993. The number of aromatic amines is 1. The molecule has 3 rings (SSSR count). The molecule has 0 saturated heterocycles. The van der Waals surface area contributed by atoms with Gasteiger partial charge in [0.2, 0.25) is 0 Å². The number of H-pyrrole nitrogens is 1. The third-order valence-electron chi connectivity index (χ3n) is 2.72. The predicted octanol–water partition coefficient (Wildman–Crippen LogP) is 3.95. The van der Waals surface area contributed by atoms with Gasteiger partial charge in [-0.25, -0.2) is 9.97 Å². The van der Waals surface area contributed by atoms with Crippen LogP contribution in [0.5, 0.6) is 0 Å². The van der Waals surface area contributed by atoms with Crippen LogP contribution in [-0.4, -0.2) is 15.0 Å². The second-order valence-electron chi connectivity index (χ2n) is 4.01. The van der Waals surface area contributed by atoms with Crippen LogP contribution in [0.25, 0.3) is 22.4 Å². The minimum absolute atomic E-state index is 0.150. The van der Waals surface area contributed by atoms with Crippen LogP contribution in [0, 0.1) is 0 Å². The van der Waals surface area contributed by atoms with Crippen molar-refractivity contribution in [2.75, 3.05) is 0 Å². The first-order valence-corrected chi connectivity index (χ1v) is 6.70. The molecule has 0 unspecified atom stereocenters. The molecule has 0 bridgehead atoms. The molecule has 0 aliphatic heterocycles. The Kier molecular flexibility index (Phi) is 3.38. The molecule has 0 fully saturated rings. The van der Waals surface area contributed by atoms with Crippen molar-refractivity contribution < 1.29 is 0 Å². The number of hydrogen-bond acceptors (Lipinski definition) is 3. The normalized spacial score (nSPS) is 10.9. The van der Waals surface area contributed by atoms with Gasteiger partial charge in [0.05, 0.1) is 10.0 Å². The second kappa shape index (κ2) is 5.05. The van der Waals surface area contributed by atoms with E-state index in [1.54, 1.807) is 30.3 Å². The Morgan fingerprint density at radius 1 is 0.950 bits per heavy atom. The zero-order valence-corrected chi connectivity index (χ0v) is 12.1. The van der Waals surface area contributed by atoms with E-state index in [4.69, 9.17) is 34.8 Å². The topological polar surface area (TPSA) is 58.6 Å². The molecule has 3 aromatic rings. The smallest absolute Gasteiger partial charge is 0.276 e. The number of benzene rings is 1. The van der Waals surface area contributed by atoms with Gasteiger partial charge >= 0.3 is 0 Å². The number of fused-ring (bicyclic) bond motifs is 1. The molecule has 4 nitrogen and oxygen atoms in total.